The number of hydrogen-bond donors (Lipinski definition) is 1. The first kappa shape index (κ1) is 16.3. The van der Waals surface area contributed by atoms with Crippen LogP contribution in [0.15, 0.2) is 24.3 Å². The van der Waals surface area contributed by atoms with Crippen LogP contribution in [0.2, 0.25) is 5.02 Å². The number of piperazine rings is 1. The first-order valence-electron chi connectivity index (χ1n) is 7.62. The lowest BCUT2D eigenvalue weighted by Crippen LogP contribution is -2.52. The van der Waals surface area contributed by atoms with Crippen molar-refractivity contribution >= 4 is 17.5 Å². The van der Waals surface area contributed by atoms with Gasteiger partial charge in [0, 0.05) is 37.7 Å². The number of nitrogens with two attached hydrogens (primary N) is 1. The minimum absolute atomic E-state index is 0.0919. The van der Waals surface area contributed by atoms with Crippen LogP contribution in [0.4, 0.5) is 0 Å². The van der Waals surface area contributed by atoms with Gasteiger partial charge in [-0.2, -0.15) is 0 Å². The van der Waals surface area contributed by atoms with Crippen molar-refractivity contribution in [3.8, 4) is 0 Å². The fourth-order valence-electron chi connectivity index (χ4n) is 2.66. The minimum atomic E-state index is -0.342. The Labute approximate surface area is 131 Å². The SMILES string of the molecule is CCCC(N)C(=O)N1CCN(Cc2ccccc2Cl)CC1. The number of rotatable bonds is 5. The lowest BCUT2D eigenvalue weighted by Gasteiger charge is -2.36. The summed E-state index contributed by atoms with van der Waals surface area (Å²) in [5.41, 5.74) is 7.05. The van der Waals surface area contributed by atoms with Crippen LogP contribution in [0.3, 0.4) is 0 Å². The zero-order chi connectivity index (χ0) is 15.2. The Hall–Kier alpha value is -1.10. The Morgan fingerprint density at radius 2 is 1.95 bits per heavy atom. The van der Waals surface area contributed by atoms with Gasteiger partial charge in [-0.15, -0.1) is 0 Å². The van der Waals surface area contributed by atoms with Gasteiger partial charge in [-0.05, 0) is 18.1 Å². The molecule has 1 aliphatic heterocycles. The lowest BCUT2D eigenvalue weighted by molar-refractivity contribution is -0.134. The molecule has 0 radical (unpaired) electrons. The van der Waals surface area contributed by atoms with E-state index in [1.165, 1.54) is 0 Å². The highest BCUT2D eigenvalue weighted by atomic mass is 35.5. The predicted octanol–water partition coefficient (Wildman–Crippen LogP) is 2.11. The molecule has 21 heavy (non-hydrogen) atoms. The Morgan fingerprint density at radius 1 is 1.29 bits per heavy atom. The monoisotopic (exact) mass is 309 g/mol. The highest BCUT2D eigenvalue weighted by Crippen LogP contribution is 2.18. The summed E-state index contributed by atoms with van der Waals surface area (Å²) in [5, 5.41) is 0.806. The predicted molar refractivity (Wildman–Crippen MR) is 86.2 cm³/mol. The summed E-state index contributed by atoms with van der Waals surface area (Å²) in [7, 11) is 0. The number of benzene rings is 1. The largest absolute Gasteiger partial charge is 0.339 e. The second-order valence-corrected chi connectivity index (χ2v) is 6.00. The Bertz CT molecular complexity index is 472. The molecule has 116 valence electrons. The van der Waals surface area contributed by atoms with Crippen molar-refractivity contribution < 1.29 is 4.79 Å². The fourth-order valence-corrected chi connectivity index (χ4v) is 2.86. The van der Waals surface area contributed by atoms with Crippen molar-refractivity contribution in [2.45, 2.75) is 32.4 Å². The van der Waals surface area contributed by atoms with Gasteiger partial charge in [0.15, 0.2) is 0 Å². The quantitative estimate of drug-likeness (QED) is 0.906. The van der Waals surface area contributed by atoms with Gasteiger partial charge in [0.05, 0.1) is 6.04 Å². The molecular weight excluding hydrogens is 286 g/mol. The molecule has 1 aliphatic rings. The molecule has 1 heterocycles. The van der Waals surface area contributed by atoms with Crippen molar-refractivity contribution in [3.63, 3.8) is 0 Å². The summed E-state index contributed by atoms with van der Waals surface area (Å²) in [6.07, 6.45) is 1.71. The number of nitrogens with zero attached hydrogens (tertiary/aromatic N) is 2. The van der Waals surface area contributed by atoms with E-state index < -0.39 is 0 Å². The van der Waals surface area contributed by atoms with Gasteiger partial charge in [0.25, 0.3) is 0 Å². The first-order valence-corrected chi connectivity index (χ1v) is 7.99. The van der Waals surface area contributed by atoms with Gasteiger partial charge in [0.2, 0.25) is 5.91 Å². The molecule has 0 aromatic heterocycles. The topological polar surface area (TPSA) is 49.6 Å². The maximum absolute atomic E-state index is 12.2. The van der Waals surface area contributed by atoms with Gasteiger partial charge < -0.3 is 10.6 Å². The molecule has 1 aromatic carbocycles. The van der Waals surface area contributed by atoms with E-state index in [-0.39, 0.29) is 11.9 Å². The Balaban J connectivity index is 1.83. The Kier molecular flexibility index (Phi) is 6.03. The van der Waals surface area contributed by atoms with E-state index in [1.54, 1.807) is 0 Å². The third kappa shape index (κ3) is 4.43. The summed E-state index contributed by atoms with van der Waals surface area (Å²) >= 11 is 6.19. The third-order valence-corrected chi connectivity index (χ3v) is 4.32. The normalized spacial score (nSPS) is 17.8. The van der Waals surface area contributed by atoms with Crippen molar-refractivity contribution in [3.05, 3.63) is 34.9 Å². The first-order chi connectivity index (χ1) is 10.1. The van der Waals surface area contributed by atoms with Crippen LogP contribution in [0.5, 0.6) is 0 Å². The summed E-state index contributed by atoms with van der Waals surface area (Å²) in [6.45, 7) is 6.13. The number of halogens is 1. The molecular formula is C16H24ClN3O. The van der Waals surface area contributed by atoms with Gasteiger partial charge in [-0.1, -0.05) is 43.1 Å². The summed E-state index contributed by atoms with van der Waals surface area (Å²) in [5.74, 6) is 0.0919. The summed E-state index contributed by atoms with van der Waals surface area (Å²) in [4.78, 5) is 16.4. The van der Waals surface area contributed by atoms with Crippen LogP contribution >= 0.6 is 11.6 Å². The van der Waals surface area contributed by atoms with E-state index in [4.69, 9.17) is 17.3 Å². The van der Waals surface area contributed by atoms with E-state index in [0.717, 1.165) is 56.2 Å². The number of carbonyl (C=O) groups excluding carboxylic acids is 1. The van der Waals surface area contributed by atoms with E-state index in [9.17, 15) is 4.79 Å². The molecule has 2 N–H and O–H groups in total. The summed E-state index contributed by atoms with van der Waals surface area (Å²) in [6, 6.07) is 7.57. The van der Waals surface area contributed by atoms with Crippen LogP contribution in [0.1, 0.15) is 25.3 Å². The molecule has 0 bridgehead atoms. The molecule has 2 rings (SSSR count). The molecule has 0 spiro atoms. The molecule has 1 amide bonds. The lowest BCUT2D eigenvalue weighted by atomic mass is 10.1. The standard InChI is InChI=1S/C16H24ClN3O/c1-2-5-15(18)16(21)20-10-8-19(9-11-20)12-13-6-3-4-7-14(13)17/h3-4,6-7,15H,2,5,8-12,18H2,1H3. The van der Waals surface area contributed by atoms with E-state index in [2.05, 4.69) is 17.9 Å². The second kappa shape index (κ2) is 7.78. The molecule has 1 aromatic rings. The zero-order valence-electron chi connectivity index (χ0n) is 12.6. The number of amides is 1. The van der Waals surface area contributed by atoms with Gasteiger partial charge in [0.1, 0.15) is 0 Å². The van der Waals surface area contributed by atoms with Gasteiger partial charge in [-0.3, -0.25) is 9.69 Å². The zero-order valence-corrected chi connectivity index (χ0v) is 13.4. The van der Waals surface area contributed by atoms with Crippen LogP contribution in [0, 0.1) is 0 Å². The van der Waals surface area contributed by atoms with E-state index in [1.807, 2.05) is 23.1 Å². The summed E-state index contributed by atoms with van der Waals surface area (Å²) < 4.78 is 0. The maximum atomic E-state index is 12.2. The molecule has 0 aliphatic carbocycles. The Morgan fingerprint density at radius 3 is 2.57 bits per heavy atom. The fraction of sp³-hybridized carbons (Fsp3) is 0.562. The molecule has 1 saturated heterocycles. The molecule has 0 saturated carbocycles. The molecule has 1 unspecified atom stereocenters. The third-order valence-electron chi connectivity index (χ3n) is 3.95. The smallest absolute Gasteiger partial charge is 0.239 e. The average molecular weight is 310 g/mol. The molecule has 1 fully saturated rings. The van der Waals surface area contributed by atoms with Crippen molar-refractivity contribution in [2.75, 3.05) is 26.2 Å². The van der Waals surface area contributed by atoms with Crippen LogP contribution < -0.4 is 5.73 Å². The number of hydrogen-bond acceptors (Lipinski definition) is 3. The highest BCUT2D eigenvalue weighted by molar-refractivity contribution is 6.31. The van der Waals surface area contributed by atoms with Crippen LogP contribution in [0.25, 0.3) is 0 Å². The minimum Gasteiger partial charge on any atom is -0.339 e. The van der Waals surface area contributed by atoms with Gasteiger partial charge in [-0.25, -0.2) is 0 Å². The molecule has 1 atom stereocenters. The van der Waals surface area contributed by atoms with Crippen molar-refractivity contribution in [1.82, 2.24) is 9.80 Å². The number of carbonyl (C=O) groups is 1. The van der Waals surface area contributed by atoms with Crippen LogP contribution in [-0.4, -0.2) is 47.9 Å². The average Bonchev–Trinajstić information content (AvgIpc) is 2.50. The van der Waals surface area contributed by atoms with E-state index >= 15 is 0 Å². The van der Waals surface area contributed by atoms with Crippen molar-refractivity contribution in [2.24, 2.45) is 5.73 Å². The second-order valence-electron chi connectivity index (χ2n) is 5.59. The van der Waals surface area contributed by atoms with E-state index in [0.29, 0.717) is 0 Å². The van der Waals surface area contributed by atoms with Gasteiger partial charge >= 0.3 is 0 Å². The highest BCUT2D eigenvalue weighted by Gasteiger charge is 2.24. The molecule has 4 nitrogen and oxygen atoms in total. The van der Waals surface area contributed by atoms with Crippen LogP contribution in [-0.2, 0) is 11.3 Å². The molecule has 5 heteroatoms. The maximum Gasteiger partial charge on any atom is 0.239 e. The van der Waals surface area contributed by atoms with Crippen molar-refractivity contribution in [1.29, 1.82) is 0 Å².